The number of anilines is 3. The van der Waals surface area contributed by atoms with Gasteiger partial charge in [-0.05, 0) is 48.5 Å². The molecular weight excluding hydrogens is 520 g/mol. The van der Waals surface area contributed by atoms with E-state index < -0.39 is 17.8 Å². The summed E-state index contributed by atoms with van der Waals surface area (Å²) in [5, 5.41) is 2.62. The molecule has 3 amide bonds. The highest BCUT2D eigenvalue weighted by molar-refractivity contribution is 6.53. The lowest BCUT2D eigenvalue weighted by atomic mass is 10.1. The number of amides is 3. The van der Waals surface area contributed by atoms with E-state index in [2.05, 4.69) is 22.3 Å². The Morgan fingerprint density at radius 3 is 2.18 bits per heavy atom. The Morgan fingerprint density at radius 1 is 0.795 bits per heavy atom. The summed E-state index contributed by atoms with van der Waals surface area (Å²) in [4.78, 5) is 56.1. The molecule has 0 radical (unpaired) electrons. The number of rotatable bonds is 6. The van der Waals surface area contributed by atoms with Crippen molar-refractivity contribution in [2.24, 2.45) is 0 Å². The van der Waals surface area contributed by atoms with Crippen LogP contribution in [0.25, 0.3) is 0 Å². The highest BCUT2D eigenvalue weighted by Gasteiger charge is 2.39. The third kappa shape index (κ3) is 5.21. The van der Waals surface area contributed by atoms with Crippen LogP contribution >= 0.6 is 11.6 Å². The summed E-state index contributed by atoms with van der Waals surface area (Å²) in [6.45, 7) is 2.60. The molecule has 198 valence electrons. The van der Waals surface area contributed by atoms with Crippen molar-refractivity contribution >= 4 is 52.4 Å². The van der Waals surface area contributed by atoms with Gasteiger partial charge in [-0.15, -0.1) is 0 Å². The molecule has 10 heteroatoms. The van der Waals surface area contributed by atoms with Gasteiger partial charge in [0.05, 0.1) is 18.4 Å². The minimum Gasteiger partial charge on any atom is -0.465 e. The molecule has 3 aromatic carbocycles. The van der Waals surface area contributed by atoms with Crippen LogP contribution in [0.2, 0.25) is 0 Å². The third-order valence-electron chi connectivity index (χ3n) is 6.62. The Bertz CT molecular complexity index is 1480. The van der Waals surface area contributed by atoms with Gasteiger partial charge in [-0.25, -0.2) is 9.69 Å². The Morgan fingerprint density at radius 2 is 1.46 bits per heavy atom. The Labute approximate surface area is 230 Å². The molecule has 39 heavy (non-hydrogen) atoms. The van der Waals surface area contributed by atoms with Crippen LogP contribution in [0.3, 0.4) is 0 Å². The lowest BCUT2D eigenvalue weighted by Crippen LogP contribution is -2.48. The van der Waals surface area contributed by atoms with Crippen LogP contribution in [-0.2, 0) is 14.3 Å². The smallest absolute Gasteiger partial charge is 0.337 e. The molecule has 0 aliphatic carbocycles. The molecule has 0 saturated carbocycles. The number of esters is 1. The predicted octanol–water partition coefficient (Wildman–Crippen LogP) is 3.87. The van der Waals surface area contributed by atoms with Crippen molar-refractivity contribution < 1.29 is 23.9 Å². The van der Waals surface area contributed by atoms with Gasteiger partial charge in [-0.2, -0.15) is 0 Å². The van der Waals surface area contributed by atoms with Crippen LogP contribution in [0, 0.1) is 0 Å². The topological polar surface area (TPSA) is 99.3 Å². The molecule has 0 bridgehead atoms. The first-order chi connectivity index (χ1) is 18.9. The van der Waals surface area contributed by atoms with Crippen molar-refractivity contribution in [3.05, 3.63) is 101 Å². The van der Waals surface area contributed by atoms with Crippen molar-refractivity contribution in [1.29, 1.82) is 0 Å². The van der Waals surface area contributed by atoms with E-state index in [4.69, 9.17) is 16.3 Å². The van der Waals surface area contributed by atoms with Gasteiger partial charge in [-0.1, -0.05) is 41.9 Å². The number of piperazine rings is 1. The Hall–Kier alpha value is -4.63. The van der Waals surface area contributed by atoms with E-state index >= 15 is 0 Å². The van der Waals surface area contributed by atoms with E-state index in [0.717, 1.165) is 23.7 Å². The zero-order chi connectivity index (χ0) is 27.5. The number of carbonyl (C=O) groups excluding carboxylic acids is 4. The van der Waals surface area contributed by atoms with Gasteiger partial charge in [0.2, 0.25) is 0 Å². The zero-order valence-electron chi connectivity index (χ0n) is 21.1. The van der Waals surface area contributed by atoms with Gasteiger partial charge in [0.15, 0.2) is 0 Å². The molecule has 1 fully saturated rings. The molecule has 0 unspecified atom stereocenters. The Kier molecular flexibility index (Phi) is 7.33. The van der Waals surface area contributed by atoms with E-state index in [-0.39, 0.29) is 27.9 Å². The number of hydrogen-bond acceptors (Lipinski definition) is 7. The van der Waals surface area contributed by atoms with E-state index in [1.807, 2.05) is 18.2 Å². The number of halogens is 1. The molecule has 0 spiro atoms. The molecule has 0 aromatic heterocycles. The van der Waals surface area contributed by atoms with Gasteiger partial charge < -0.3 is 19.9 Å². The third-order valence-corrected chi connectivity index (χ3v) is 6.97. The fraction of sp³-hybridized carbons (Fsp3) is 0.172. The fourth-order valence-electron chi connectivity index (χ4n) is 4.60. The number of nitrogens with zero attached hydrogens (tertiary/aromatic N) is 3. The van der Waals surface area contributed by atoms with Crippen LogP contribution in [-0.4, -0.2) is 61.9 Å². The quantitative estimate of drug-likeness (QED) is 0.371. The average Bonchev–Trinajstić information content (AvgIpc) is 3.19. The number of benzene rings is 3. The second kappa shape index (κ2) is 11.0. The predicted molar refractivity (Wildman–Crippen MR) is 148 cm³/mol. The lowest BCUT2D eigenvalue weighted by Gasteiger charge is -2.36. The van der Waals surface area contributed by atoms with Crippen LogP contribution in [0.4, 0.5) is 17.1 Å². The van der Waals surface area contributed by atoms with Crippen molar-refractivity contribution in [2.75, 3.05) is 48.4 Å². The average molecular weight is 545 g/mol. The monoisotopic (exact) mass is 544 g/mol. The van der Waals surface area contributed by atoms with E-state index in [1.54, 1.807) is 29.2 Å². The summed E-state index contributed by atoms with van der Waals surface area (Å²) in [6.07, 6.45) is 0. The molecule has 1 saturated heterocycles. The molecule has 9 nitrogen and oxygen atoms in total. The number of nitrogens with one attached hydrogen (secondary N) is 1. The van der Waals surface area contributed by atoms with Gasteiger partial charge in [-0.3, -0.25) is 14.4 Å². The van der Waals surface area contributed by atoms with Crippen molar-refractivity contribution in [3.63, 3.8) is 0 Å². The second-order valence-corrected chi connectivity index (χ2v) is 9.38. The fourth-order valence-corrected chi connectivity index (χ4v) is 4.81. The summed E-state index contributed by atoms with van der Waals surface area (Å²) >= 11 is 6.27. The van der Waals surface area contributed by atoms with Gasteiger partial charge in [0, 0.05) is 43.1 Å². The number of para-hydroxylation sites is 1. The number of imide groups is 1. The molecule has 2 heterocycles. The Balaban J connectivity index is 1.28. The van der Waals surface area contributed by atoms with Crippen LogP contribution in [0.15, 0.2) is 89.6 Å². The maximum atomic E-state index is 13.2. The first kappa shape index (κ1) is 26.0. The molecule has 0 atom stereocenters. The first-order valence-electron chi connectivity index (χ1n) is 12.3. The highest BCUT2D eigenvalue weighted by Crippen LogP contribution is 2.31. The normalized spacial score (nSPS) is 15.6. The standard InChI is InChI=1S/C29H25ClN4O5/c1-39-29(38)20-8-6-12-23(18-20)34-27(36)24(30)25(28(34)37)31-21-9-5-7-19(17-21)26(35)33-15-13-32(14-16-33)22-10-3-2-4-11-22/h2-12,17-18,31H,13-16H2,1H3. The highest BCUT2D eigenvalue weighted by atomic mass is 35.5. The molecular formula is C29H25ClN4O5. The molecule has 3 aromatic rings. The minimum absolute atomic E-state index is 0.119. The maximum Gasteiger partial charge on any atom is 0.337 e. The number of ether oxygens (including phenoxy) is 1. The second-order valence-electron chi connectivity index (χ2n) is 9.00. The van der Waals surface area contributed by atoms with E-state index in [9.17, 15) is 19.2 Å². The summed E-state index contributed by atoms with van der Waals surface area (Å²) in [5.74, 6) is -2.13. The number of methoxy groups -OCH3 is 1. The summed E-state index contributed by atoms with van der Waals surface area (Å²) in [5.41, 5.74) is 2.26. The SMILES string of the molecule is COC(=O)c1cccc(N2C(=O)C(Cl)=C(Nc3cccc(C(=O)N4CCN(c5ccccc5)CC4)c3)C2=O)c1. The lowest BCUT2D eigenvalue weighted by molar-refractivity contribution is -0.120. The van der Waals surface area contributed by atoms with Gasteiger partial charge >= 0.3 is 5.97 Å². The van der Waals surface area contributed by atoms with Crippen molar-refractivity contribution in [1.82, 2.24) is 4.90 Å². The van der Waals surface area contributed by atoms with Crippen LogP contribution in [0.1, 0.15) is 20.7 Å². The number of carbonyl (C=O) groups is 4. The first-order valence-corrected chi connectivity index (χ1v) is 12.7. The van der Waals surface area contributed by atoms with Crippen LogP contribution in [0.5, 0.6) is 0 Å². The maximum absolute atomic E-state index is 13.2. The molecule has 1 N–H and O–H groups in total. The summed E-state index contributed by atoms with van der Waals surface area (Å²) in [7, 11) is 1.24. The minimum atomic E-state index is -0.727. The van der Waals surface area contributed by atoms with Crippen molar-refractivity contribution in [2.45, 2.75) is 0 Å². The molecule has 5 rings (SSSR count). The van der Waals surface area contributed by atoms with Gasteiger partial charge in [0.1, 0.15) is 10.7 Å². The molecule has 2 aliphatic heterocycles. The largest absolute Gasteiger partial charge is 0.465 e. The van der Waals surface area contributed by atoms with E-state index in [1.165, 1.54) is 31.4 Å². The molecule has 2 aliphatic rings. The number of hydrogen-bond donors (Lipinski definition) is 1. The zero-order valence-corrected chi connectivity index (χ0v) is 21.9. The van der Waals surface area contributed by atoms with Crippen molar-refractivity contribution in [3.8, 4) is 0 Å². The van der Waals surface area contributed by atoms with Gasteiger partial charge in [0.25, 0.3) is 17.7 Å². The van der Waals surface area contributed by atoms with Crippen LogP contribution < -0.4 is 15.1 Å². The van der Waals surface area contributed by atoms with E-state index in [0.29, 0.717) is 24.3 Å². The summed E-state index contributed by atoms with van der Waals surface area (Å²) in [6, 6.07) is 22.7. The summed E-state index contributed by atoms with van der Waals surface area (Å²) < 4.78 is 4.72.